The van der Waals surface area contributed by atoms with Gasteiger partial charge in [-0.25, -0.2) is 0 Å². The minimum atomic E-state index is 0.318. The summed E-state index contributed by atoms with van der Waals surface area (Å²) in [6, 6.07) is 0.318. The minimum Gasteiger partial charge on any atom is -0.386 e. The molecule has 1 rings (SSSR count). The molecule has 1 atom stereocenters. The molecule has 1 heterocycles. The number of hydrogen-bond donors (Lipinski definition) is 3. The molecule has 0 radical (unpaired) electrons. The van der Waals surface area contributed by atoms with Gasteiger partial charge in [-0.3, -0.25) is 9.80 Å². The van der Waals surface area contributed by atoms with E-state index in [1.54, 1.807) is 0 Å². The van der Waals surface area contributed by atoms with Crippen LogP contribution in [0.5, 0.6) is 0 Å². The van der Waals surface area contributed by atoms with Crippen LogP contribution in [0.3, 0.4) is 0 Å². The number of likely N-dealkylation sites (N-methyl/N-ethyl adjacent to an activating group) is 1. The molecule has 5 heteroatoms. The van der Waals surface area contributed by atoms with E-state index in [1.807, 2.05) is 13.1 Å². The van der Waals surface area contributed by atoms with Gasteiger partial charge in [0.1, 0.15) is 0 Å². The van der Waals surface area contributed by atoms with E-state index in [-0.39, 0.29) is 0 Å². The molecule has 0 aliphatic carbocycles. The van der Waals surface area contributed by atoms with E-state index >= 15 is 0 Å². The van der Waals surface area contributed by atoms with Gasteiger partial charge in [0, 0.05) is 57.6 Å². The summed E-state index contributed by atoms with van der Waals surface area (Å²) in [6.45, 7) is 16.3. The molecule has 0 aromatic carbocycles. The highest BCUT2D eigenvalue weighted by Crippen LogP contribution is 2.04. The van der Waals surface area contributed by atoms with Crippen molar-refractivity contribution in [2.75, 3.05) is 59.4 Å². The summed E-state index contributed by atoms with van der Waals surface area (Å²) in [4.78, 5) is 4.95. The van der Waals surface area contributed by atoms with E-state index in [0.29, 0.717) is 6.04 Å². The monoisotopic (exact) mass is 295 g/mol. The molecule has 122 valence electrons. The second-order valence-corrected chi connectivity index (χ2v) is 5.66. The molecule has 21 heavy (non-hydrogen) atoms. The third-order valence-corrected chi connectivity index (χ3v) is 4.10. The van der Waals surface area contributed by atoms with Gasteiger partial charge in [0.15, 0.2) is 0 Å². The zero-order chi connectivity index (χ0) is 15.5. The van der Waals surface area contributed by atoms with Gasteiger partial charge in [-0.1, -0.05) is 12.7 Å². The van der Waals surface area contributed by atoms with Crippen molar-refractivity contribution in [3.8, 4) is 0 Å². The summed E-state index contributed by atoms with van der Waals surface area (Å²) >= 11 is 0. The Balaban J connectivity index is 2.15. The molecule has 1 saturated heterocycles. The molecule has 1 aliphatic heterocycles. The fourth-order valence-electron chi connectivity index (χ4n) is 2.69. The van der Waals surface area contributed by atoms with Crippen LogP contribution >= 0.6 is 0 Å². The average molecular weight is 295 g/mol. The zero-order valence-corrected chi connectivity index (χ0v) is 13.6. The Labute approximate surface area is 130 Å². The maximum atomic E-state index is 5.57. The molecule has 0 aromatic heterocycles. The van der Waals surface area contributed by atoms with E-state index in [2.05, 4.69) is 33.6 Å². The first-order valence-corrected chi connectivity index (χ1v) is 8.06. The minimum absolute atomic E-state index is 0.318. The first-order chi connectivity index (χ1) is 10.2. The Morgan fingerprint density at radius 1 is 1.29 bits per heavy atom. The van der Waals surface area contributed by atoms with E-state index < -0.39 is 0 Å². The Morgan fingerprint density at radius 2 is 1.95 bits per heavy atom. The third kappa shape index (κ3) is 7.09. The van der Waals surface area contributed by atoms with E-state index in [1.165, 1.54) is 0 Å². The van der Waals surface area contributed by atoms with Crippen molar-refractivity contribution >= 4 is 0 Å². The van der Waals surface area contributed by atoms with Crippen LogP contribution in [0.2, 0.25) is 0 Å². The SMILES string of the molecule is C=CCN1CCN(CCNC(=C)C(CCCN)NC)CC1. The molecule has 4 N–H and O–H groups in total. The normalized spacial score (nSPS) is 18.4. The van der Waals surface area contributed by atoms with Gasteiger partial charge < -0.3 is 16.4 Å². The number of nitrogens with two attached hydrogens (primary N) is 1. The fourth-order valence-corrected chi connectivity index (χ4v) is 2.69. The van der Waals surface area contributed by atoms with Crippen molar-refractivity contribution in [1.29, 1.82) is 0 Å². The molecule has 0 bridgehead atoms. The van der Waals surface area contributed by atoms with Crippen molar-refractivity contribution in [1.82, 2.24) is 20.4 Å². The van der Waals surface area contributed by atoms with E-state index in [0.717, 1.165) is 70.9 Å². The molecule has 0 amide bonds. The standard InChI is InChI=1S/C16H33N5/c1-4-9-20-11-13-21(14-12-20)10-8-19-15(2)16(18-3)6-5-7-17/h4,16,18-19H,1-2,5-14,17H2,3H3. The summed E-state index contributed by atoms with van der Waals surface area (Å²) in [5.41, 5.74) is 6.65. The summed E-state index contributed by atoms with van der Waals surface area (Å²) in [7, 11) is 1.98. The predicted octanol–water partition coefficient (Wildman–Crippen LogP) is 0.220. The van der Waals surface area contributed by atoms with Crippen LogP contribution in [0.15, 0.2) is 24.9 Å². The molecule has 1 unspecified atom stereocenters. The Hall–Kier alpha value is -0.880. The van der Waals surface area contributed by atoms with Crippen LogP contribution in [0, 0.1) is 0 Å². The van der Waals surface area contributed by atoms with Crippen molar-refractivity contribution < 1.29 is 0 Å². The number of piperazine rings is 1. The molecule has 1 aliphatic rings. The van der Waals surface area contributed by atoms with Gasteiger partial charge in [0.25, 0.3) is 0 Å². The van der Waals surface area contributed by atoms with E-state index in [4.69, 9.17) is 5.73 Å². The number of rotatable bonds is 11. The number of hydrogen-bond acceptors (Lipinski definition) is 5. The second kappa shape index (κ2) is 10.8. The van der Waals surface area contributed by atoms with E-state index in [9.17, 15) is 0 Å². The third-order valence-electron chi connectivity index (χ3n) is 4.10. The predicted molar refractivity (Wildman–Crippen MR) is 91.4 cm³/mol. The Bertz CT molecular complexity index is 297. The second-order valence-electron chi connectivity index (χ2n) is 5.66. The quantitative estimate of drug-likeness (QED) is 0.476. The lowest BCUT2D eigenvalue weighted by Gasteiger charge is -2.34. The summed E-state index contributed by atoms with van der Waals surface area (Å²) in [5, 5.41) is 6.75. The van der Waals surface area contributed by atoms with Crippen molar-refractivity contribution in [2.45, 2.75) is 18.9 Å². The summed E-state index contributed by atoms with van der Waals surface area (Å²) in [5.74, 6) is 0. The van der Waals surface area contributed by atoms with Crippen LogP contribution in [0.4, 0.5) is 0 Å². The molecule has 0 aromatic rings. The van der Waals surface area contributed by atoms with Gasteiger partial charge in [0.2, 0.25) is 0 Å². The van der Waals surface area contributed by atoms with Crippen LogP contribution in [0.25, 0.3) is 0 Å². The summed E-state index contributed by atoms with van der Waals surface area (Å²) < 4.78 is 0. The van der Waals surface area contributed by atoms with Crippen LogP contribution in [0.1, 0.15) is 12.8 Å². The smallest absolute Gasteiger partial charge is 0.0461 e. The fraction of sp³-hybridized carbons (Fsp3) is 0.750. The number of nitrogens with one attached hydrogen (secondary N) is 2. The van der Waals surface area contributed by atoms with Gasteiger partial charge in [0.05, 0.1) is 0 Å². The van der Waals surface area contributed by atoms with Crippen LogP contribution < -0.4 is 16.4 Å². The average Bonchev–Trinajstić information content (AvgIpc) is 2.50. The maximum absolute atomic E-state index is 5.57. The first-order valence-electron chi connectivity index (χ1n) is 8.06. The highest BCUT2D eigenvalue weighted by Gasteiger charge is 2.15. The Kier molecular flexibility index (Phi) is 9.34. The van der Waals surface area contributed by atoms with Crippen molar-refractivity contribution in [3.05, 3.63) is 24.9 Å². The first kappa shape index (κ1) is 18.2. The lowest BCUT2D eigenvalue weighted by Crippen LogP contribution is -2.48. The summed E-state index contributed by atoms with van der Waals surface area (Å²) in [6.07, 6.45) is 4.05. The molecule has 5 nitrogen and oxygen atoms in total. The Morgan fingerprint density at radius 3 is 2.52 bits per heavy atom. The molecule has 1 fully saturated rings. The van der Waals surface area contributed by atoms with Crippen molar-refractivity contribution in [3.63, 3.8) is 0 Å². The number of nitrogens with zero attached hydrogens (tertiary/aromatic N) is 2. The highest BCUT2D eigenvalue weighted by molar-refractivity contribution is 5.02. The van der Waals surface area contributed by atoms with Gasteiger partial charge in [-0.05, 0) is 26.4 Å². The van der Waals surface area contributed by atoms with Gasteiger partial charge in [-0.15, -0.1) is 6.58 Å². The lowest BCUT2D eigenvalue weighted by atomic mass is 10.1. The zero-order valence-electron chi connectivity index (χ0n) is 13.6. The van der Waals surface area contributed by atoms with Gasteiger partial charge in [-0.2, -0.15) is 0 Å². The molecular formula is C16H33N5. The molecular weight excluding hydrogens is 262 g/mol. The van der Waals surface area contributed by atoms with Crippen molar-refractivity contribution in [2.24, 2.45) is 5.73 Å². The van der Waals surface area contributed by atoms with Crippen LogP contribution in [-0.2, 0) is 0 Å². The molecule has 0 saturated carbocycles. The molecule has 0 spiro atoms. The highest BCUT2D eigenvalue weighted by atomic mass is 15.3. The topological polar surface area (TPSA) is 56.6 Å². The van der Waals surface area contributed by atoms with Gasteiger partial charge >= 0.3 is 0 Å². The maximum Gasteiger partial charge on any atom is 0.0461 e. The largest absolute Gasteiger partial charge is 0.386 e. The lowest BCUT2D eigenvalue weighted by molar-refractivity contribution is 0.144. The van der Waals surface area contributed by atoms with Crippen LogP contribution in [-0.4, -0.2) is 75.2 Å².